The summed E-state index contributed by atoms with van der Waals surface area (Å²) in [6, 6.07) is 63.2. The van der Waals surface area contributed by atoms with Crippen molar-refractivity contribution in [2.45, 2.75) is 0 Å². The van der Waals surface area contributed by atoms with E-state index >= 15 is 0 Å². The number of ether oxygens (including phenoxy) is 1. The first kappa shape index (κ1) is 37.7. The molecular weight excluding hydrogens is 743 g/mol. The Morgan fingerprint density at radius 1 is 0.377 bits per heavy atom. The van der Waals surface area contributed by atoms with Gasteiger partial charge in [0.15, 0.2) is 0 Å². The molecule has 0 aliphatic carbocycles. The molecular formula is C58H35NO2. The normalized spacial score (nSPS) is 10.2. The molecule has 0 unspecified atom stereocenters. The molecule has 284 valence electrons. The Morgan fingerprint density at radius 2 is 0.820 bits per heavy atom. The highest BCUT2D eigenvalue weighted by molar-refractivity contribution is 6.12. The molecule has 9 aromatic carbocycles. The van der Waals surface area contributed by atoms with Crippen LogP contribution in [-0.4, -0.2) is 5.11 Å². The van der Waals surface area contributed by atoms with E-state index < -0.39 is 0 Å². The van der Waals surface area contributed by atoms with Gasteiger partial charge in [0.1, 0.15) is 17.2 Å². The third kappa shape index (κ3) is 8.42. The molecule has 0 spiro atoms. The molecule has 3 nitrogen and oxygen atoms in total. The average molecular weight is 778 g/mol. The number of fused-ring (bicyclic) bond motifs is 2. The van der Waals surface area contributed by atoms with Crippen LogP contribution in [-0.2, 0) is 0 Å². The molecule has 0 aliphatic rings. The van der Waals surface area contributed by atoms with Crippen LogP contribution < -0.4 is 10.5 Å². The number of nitrogen functional groups attached to an aromatic ring is 1. The molecule has 0 saturated carbocycles. The fourth-order valence-corrected chi connectivity index (χ4v) is 7.21. The summed E-state index contributed by atoms with van der Waals surface area (Å²) in [6.07, 6.45) is 0. The van der Waals surface area contributed by atoms with E-state index in [4.69, 9.17) is 10.5 Å². The third-order valence-corrected chi connectivity index (χ3v) is 10.1. The van der Waals surface area contributed by atoms with Crippen molar-refractivity contribution in [3.05, 3.63) is 239 Å². The summed E-state index contributed by atoms with van der Waals surface area (Å²) in [5, 5.41) is 14.3. The highest BCUT2D eigenvalue weighted by Gasteiger charge is 2.21. The molecule has 0 amide bonds. The van der Waals surface area contributed by atoms with Crippen LogP contribution >= 0.6 is 0 Å². The summed E-state index contributed by atoms with van der Waals surface area (Å²) >= 11 is 0. The Labute approximate surface area is 355 Å². The van der Waals surface area contributed by atoms with Gasteiger partial charge in [0.2, 0.25) is 0 Å². The predicted octanol–water partition coefficient (Wildman–Crippen LogP) is 12.3. The Hall–Kier alpha value is -8.86. The lowest BCUT2D eigenvalue weighted by atomic mass is 9.87. The van der Waals surface area contributed by atoms with Crippen molar-refractivity contribution < 1.29 is 9.84 Å². The molecule has 9 aromatic rings. The van der Waals surface area contributed by atoms with Gasteiger partial charge in [-0.05, 0) is 101 Å². The zero-order valence-electron chi connectivity index (χ0n) is 32.9. The summed E-state index contributed by atoms with van der Waals surface area (Å²) in [6.45, 7) is 0. The largest absolute Gasteiger partial charge is 0.506 e. The summed E-state index contributed by atoms with van der Waals surface area (Å²) < 4.78 is 6.81. The van der Waals surface area contributed by atoms with Crippen molar-refractivity contribution >= 4 is 27.2 Å². The molecule has 9 rings (SSSR count). The summed E-state index contributed by atoms with van der Waals surface area (Å²) in [5.41, 5.74) is 14.9. The predicted molar refractivity (Wildman–Crippen MR) is 249 cm³/mol. The molecule has 3 N–H and O–H groups in total. The number of nitrogens with two attached hydrogens (primary N) is 1. The SMILES string of the molecule is Nc1ccc(Oc2cc(C#Cc3ccccc3)c3c(C#Cc4ccccc4)cccc3c2-c2ccc(C#Cc3ccccc3)c3c(C#Cc4ccccc4)cccc23)cc1O. The highest BCUT2D eigenvalue weighted by Crippen LogP contribution is 2.46. The Morgan fingerprint density at radius 3 is 1.31 bits per heavy atom. The first-order valence-corrected chi connectivity index (χ1v) is 19.8. The van der Waals surface area contributed by atoms with Crippen molar-refractivity contribution in [1.29, 1.82) is 0 Å². The number of aromatic hydroxyl groups is 1. The van der Waals surface area contributed by atoms with Crippen molar-refractivity contribution in [3.8, 4) is 75.7 Å². The second kappa shape index (κ2) is 17.3. The highest BCUT2D eigenvalue weighted by atomic mass is 16.5. The lowest BCUT2D eigenvalue weighted by Gasteiger charge is -2.19. The van der Waals surface area contributed by atoms with E-state index in [0.717, 1.165) is 77.2 Å². The standard InChI is InChI=1S/C58H35NO2/c59-53-38-36-49(40-54(53)60)61-55-39-48(34-30-44-21-11-4-12-22-44)57-46(32-28-42-17-7-2-8-18-42)24-14-26-52(57)58(55)51-37-35-47(33-29-43-19-9-3-10-20-43)56-45(23-13-25-50(51)56)31-27-41-15-5-1-6-16-41/h1-26,35-40,60H,59H2. The van der Waals surface area contributed by atoms with Gasteiger partial charge in [-0.15, -0.1) is 0 Å². The maximum Gasteiger partial charge on any atom is 0.142 e. The smallest absolute Gasteiger partial charge is 0.142 e. The number of rotatable bonds is 3. The van der Waals surface area contributed by atoms with E-state index in [1.807, 2.05) is 152 Å². The van der Waals surface area contributed by atoms with Crippen LogP contribution in [0.25, 0.3) is 32.7 Å². The van der Waals surface area contributed by atoms with Gasteiger partial charge in [0.05, 0.1) is 5.69 Å². The van der Waals surface area contributed by atoms with Crippen LogP contribution in [0.15, 0.2) is 194 Å². The van der Waals surface area contributed by atoms with Crippen LogP contribution in [0.4, 0.5) is 5.69 Å². The lowest BCUT2D eigenvalue weighted by Crippen LogP contribution is -1.97. The Kier molecular flexibility index (Phi) is 10.7. The molecule has 3 heteroatoms. The van der Waals surface area contributed by atoms with Crippen LogP contribution in [0.3, 0.4) is 0 Å². The number of benzene rings is 9. The van der Waals surface area contributed by atoms with Crippen LogP contribution in [0.2, 0.25) is 0 Å². The minimum Gasteiger partial charge on any atom is -0.506 e. The summed E-state index contributed by atoms with van der Waals surface area (Å²) in [5.74, 6) is 28.3. The van der Waals surface area contributed by atoms with Crippen LogP contribution in [0.1, 0.15) is 44.5 Å². The van der Waals surface area contributed by atoms with E-state index in [2.05, 4.69) is 71.6 Å². The van der Waals surface area contributed by atoms with Crippen LogP contribution in [0.5, 0.6) is 17.2 Å². The van der Waals surface area contributed by atoms with E-state index in [1.165, 1.54) is 6.07 Å². The second-order valence-corrected chi connectivity index (χ2v) is 14.2. The van der Waals surface area contributed by atoms with Crippen molar-refractivity contribution in [2.24, 2.45) is 0 Å². The first-order chi connectivity index (χ1) is 30.1. The number of anilines is 1. The van der Waals surface area contributed by atoms with Gasteiger partial charge in [-0.1, -0.05) is 150 Å². The topological polar surface area (TPSA) is 55.5 Å². The Balaban J connectivity index is 1.36. The van der Waals surface area contributed by atoms with Gasteiger partial charge in [0, 0.05) is 66.9 Å². The van der Waals surface area contributed by atoms with Gasteiger partial charge < -0.3 is 15.6 Å². The lowest BCUT2D eigenvalue weighted by molar-refractivity contribution is 0.458. The molecule has 0 aromatic heterocycles. The van der Waals surface area contributed by atoms with Crippen molar-refractivity contribution in [1.82, 2.24) is 0 Å². The number of phenolic OH excluding ortho intramolecular Hbond substituents is 1. The maximum absolute atomic E-state index is 10.7. The molecule has 61 heavy (non-hydrogen) atoms. The van der Waals surface area contributed by atoms with Crippen molar-refractivity contribution in [2.75, 3.05) is 5.73 Å². The monoisotopic (exact) mass is 777 g/mol. The average Bonchev–Trinajstić information content (AvgIpc) is 3.31. The van der Waals surface area contributed by atoms with Crippen LogP contribution in [0, 0.1) is 47.4 Å². The van der Waals surface area contributed by atoms with Crippen molar-refractivity contribution in [3.63, 3.8) is 0 Å². The number of hydrogen-bond donors (Lipinski definition) is 2. The molecule has 0 saturated heterocycles. The second-order valence-electron chi connectivity index (χ2n) is 14.2. The van der Waals surface area contributed by atoms with Gasteiger partial charge in [-0.3, -0.25) is 0 Å². The Bertz CT molecular complexity index is 3280. The van der Waals surface area contributed by atoms with Gasteiger partial charge in [-0.2, -0.15) is 0 Å². The minimum atomic E-state index is -0.0733. The van der Waals surface area contributed by atoms with E-state index in [9.17, 15) is 5.11 Å². The molecule has 0 bridgehead atoms. The molecule has 0 aliphatic heterocycles. The fraction of sp³-hybridized carbons (Fsp3) is 0. The maximum atomic E-state index is 10.7. The van der Waals surface area contributed by atoms with Gasteiger partial charge >= 0.3 is 0 Å². The summed E-state index contributed by atoms with van der Waals surface area (Å²) in [4.78, 5) is 0. The first-order valence-electron chi connectivity index (χ1n) is 19.8. The van der Waals surface area contributed by atoms with Gasteiger partial charge in [-0.25, -0.2) is 0 Å². The minimum absolute atomic E-state index is 0.0733. The molecule has 0 radical (unpaired) electrons. The van der Waals surface area contributed by atoms with E-state index in [-0.39, 0.29) is 11.4 Å². The molecule has 0 atom stereocenters. The van der Waals surface area contributed by atoms with E-state index in [0.29, 0.717) is 11.5 Å². The van der Waals surface area contributed by atoms with E-state index in [1.54, 1.807) is 12.1 Å². The number of phenols is 1. The molecule has 0 heterocycles. The zero-order chi connectivity index (χ0) is 41.4. The molecule has 0 fully saturated rings. The fourth-order valence-electron chi connectivity index (χ4n) is 7.21. The quantitative estimate of drug-likeness (QED) is 0.107. The number of hydrogen-bond acceptors (Lipinski definition) is 3. The third-order valence-electron chi connectivity index (χ3n) is 10.1. The summed E-state index contributed by atoms with van der Waals surface area (Å²) in [7, 11) is 0. The van der Waals surface area contributed by atoms with Gasteiger partial charge in [0.25, 0.3) is 0 Å². The zero-order valence-corrected chi connectivity index (χ0v) is 32.9.